The largest absolute Gasteiger partial charge is 0.493 e. The Balaban J connectivity index is 1.92. The first-order valence-electron chi connectivity index (χ1n) is 7.88. The third-order valence-corrected chi connectivity index (χ3v) is 4.59. The zero-order valence-corrected chi connectivity index (χ0v) is 12.0. The van der Waals surface area contributed by atoms with Crippen molar-refractivity contribution in [3.63, 3.8) is 0 Å². The van der Waals surface area contributed by atoms with Crippen molar-refractivity contribution in [3.8, 4) is 5.75 Å². The van der Waals surface area contributed by atoms with E-state index in [2.05, 4.69) is 30.4 Å². The van der Waals surface area contributed by atoms with Crippen molar-refractivity contribution in [3.05, 3.63) is 29.3 Å². The fourth-order valence-electron chi connectivity index (χ4n) is 3.70. The lowest BCUT2D eigenvalue weighted by molar-refractivity contribution is 0.274. The molecule has 0 aromatic heterocycles. The van der Waals surface area contributed by atoms with Crippen molar-refractivity contribution in [2.45, 2.75) is 51.5 Å². The van der Waals surface area contributed by atoms with Crippen LogP contribution in [0.2, 0.25) is 0 Å². The Hall–Kier alpha value is -1.02. The molecule has 1 atom stereocenters. The maximum atomic E-state index is 6.00. The maximum absolute atomic E-state index is 6.00. The molecule has 104 valence electrons. The van der Waals surface area contributed by atoms with Crippen LogP contribution in [0.1, 0.15) is 56.2 Å². The van der Waals surface area contributed by atoms with Crippen LogP contribution >= 0.6 is 0 Å². The van der Waals surface area contributed by atoms with Gasteiger partial charge in [-0.25, -0.2) is 0 Å². The lowest BCUT2D eigenvalue weighted by Crippen LogP contribution is -2.28. The minimum atomic E-state index is 0.487. The van der Waals surface area contributed by atoms with Crippen molar-refractivity contribution < 1.29 is 4.74 Å². The van der Waals surface area contributed by atoms with Crippen LogP contribution in [0.4, 0.5) is 0 Å². The molecule has 0 amide bonds. The molecule has 0 spiro atoms. The molecule has 1 aliphatic carbocycles. The molecule has 1 aliphatic heterocycles. The van der Waals surface area contributed by atoms with Crippen LogP contribution in [0.5, 0.6) is 5.75 Å². The molecule has 0 bridgehead atoms. The van der Waals surface area contributed by atoms with E-state index in [0.29, 0.717) is 6.04 Å². The van der Waals surface area contributed by atoms with Gasteiger partial charge in [-0.1, -0.05) is 38.0 Å². The molecule has 3 rings (SSSR count). The molecule has 1 heterocycles. The summed E-state index contributed by atoms with van der Waals surface area (Å²) in [4.78, 5) is 0. The van der Waals surface area contributed by atoms with Gasteiger partial charge in [0.05, 0.1) is 6.61 Å². The Labute approximate surface area is 116 Å². The predicted octanol–water partition coefficient (Wildman–Crippen LogP) is 3.85. The van der Waals surface area contributed by atoms with E-state index in [1.807, 2.05) is 0 Å². The number of nitrogens with one attached hydrogen (secondary N) is 1. The van der Waals surface area contributed by atoms with Gasteiger partial charge in [-0.3, -0.25) is 0 Å². The van der Waals surface area contributed by atoms with Crippen LogP contribution in [0.25, 0.3) is 0 Å². The highest BCUT2D eigenvalue weighted by molar-refractivity contribution is 5.44. The highest BCUT2D eigenvalue weighted by atomic mass is 16.5. The van der Waals surface area contributed by atoms with E-state index in [1.165, 1.54) is 49.0 Å². The van der Waals surface area contributed by atoms with E-state index < -0.39 is 0 Å². The second-order valence-corrected chi connectivity index (χ2v) is 5.87. The quantitative estimate of drug-likeness (QED) is 0.886. The summed E-state index contributed by atoms with van der Waals surface area (Å²) in [6, 6.07) is 7.20. The van der Waals surface area contributed by atoms with Crippen LogP contribution in [0.15, 0.2) is 18.2 Å². The molecular formula is C17H25NO. The summed E-state index contributed by atoms with van der Waals surface area (Å²) in [5.41, 5.74) is 2.82. The second-order valence-electron chi connectivity index (χ2n) is 5.87. The number of ether oxygens (including phenoxy) is 1. The Morgan fingerprint density at radius 1 is 1.26 bits per heavy atom. The van der Waals surface area contributed by atoms with E-state index in [-0.39, 0.29) is 0 Å². The molecule has 1 saturated carbocycles. The van der Waals surface area contributed by atoms with Gasteiger partial charge in [-0.05, 0) is 43.7 Å². The fraction of sp³-hybridized carbons (Fsp3) is 0.647. The van der Waals surface area contributed by atoms with E-state index >= 15 is 0 Å². The minimum Gasteiger partial charge on any atom is -0.493 e. The van der Waals surface area contributed by atoms with Crippen molar-refractivity contribution in [2.24, 2.45) is 5.92 Å². The minimum absolute atomic E-state index is 0.487. The van der Waals surface area contributed by atoms with E-state index in [0.717, 1.165) is 25.5 Å². The summed E-state index contributed by atoms with van der Waals surface area (Å²) in [6.07, 6.45) is 7.84. The van der Waals surface area contributed by atoms with Gasteiger partial charge in [-0.15, -0.1) is 0 Å². The van der Waals surface area contributed by atoms with Crippen molar-refractivity contribution >= 4 is 0 Å². The summed E-state index contributed by atoms with van der Waals surface area (Å²) < 4.78 is 6.00. The van der Waals surface area contributed by atoms with Gasteiger partial charge in [0, 0.05) is 11.6 Å². The highest BCUT2D eigenvalue weighted by Gasteiger charge is 2.29. The highest BCUT2D eigenvalue weighted by Crippen LogP contribution is 2.41. The SMILES string of the molecule is CCNC(c1cccc2c1OCCC2)C1CCCC1. The molecular weight excluding hydrogens is 234 g/mol. The summed E-state index contributed by atoms with van der Waals surface area (Å²) in [5, 5.41) is 3.71. The van der Waals surface area contributed by atoms with Gasteiger partial charge in [0.2, 0.25) is 0 Å². The van der Waals surface area contributed by atoms with Crippen molar-refractivity contribution in [1.82, 2.24) is 5.32 Å². The zero-order chi connectivity index (χ0) is 13.1. The summed E-state index contributed by atoms with van der Waals surface area (Å²) >= 11 is 0. The summed E-state index contributed by atoms with van der Waals surface area (Å²) in [5.74, 6) is 1.98. The number of hydrogen-bond acceptors (Lipinski definition) is 2. The molecule has 19 heavy (non-hydrogen) atoms. The topological polar surface area (TPSA) is 21.3 Å². The monoisotopic (exact) mass is 259 g/mol. The van der Waals surface area contributed by atoms with Crippen LogP contribution in [0, 0.1) is 5.92 Å². The predicted molar refractivity (Wildman–Crippen MR) is 78.6 cm³/mol. The Bertz CT molecular complexity index is 423. The third kappa shape index (κ3) is 2.64. The van der Waals surface area contributed by atoms with Crippen molar-refractivity contribution in [1.29, 1.82) is 0 Å². The Kier molecular flexibility index (Phi) is 4.07. The standard InChI is InChI=1S/C17H25NO/c1-2-18-16(13-7-3-4-8-13)15-11-5-9-14-10-6-12-19-17(14)15/h5,9,11,13,16,18H,2-4,6-8,10,12H2,1H3. The van der Waals surface area contributed by atoms with Crippen LogP contribution in [-0.2, 0) is 6.42 Å². The Morgan fingerprint density at radius 3 is 2.89 bits per heavy atom. The van der Waals surface area contributed by atoms with Crippen LogP contribution in [0.3, 0.4) is 0 Å². The number of hydrogen-bond donors (Lipinski definition) is 1. The van der Waals surface area contributed by atoms with Crippen LogP contribution in [-0.4, -0.2) is 13.2 Å². The average molecular weight is 259 g/mol. The van der Waals surface area contributed by atoms with Crippen molar-refractivity contribution in [2.75, 3.05) is 13.2 Å². The molecule has 1 aromatic rings. The number of aryl methyl sites for hydroxylation is 1. The molecule has 1 aromatic carbocycles. The Morgan fingerprint density at radius 2 is 2.11 bits per heavy atom. The van der Waals surface area contributed by atoms with Gasteiger partial charge in [0.1, 0.15) is 5.75 Å². The molecule has 1 N–H and O–H groups in total. The zero-order valence-electron chi connectivity index (χ0n) is 12.0. The number of rotatable bonds is 4. The molecule has 2 aliphatic rings. The van der Waals surface area contributed by atoms with Gasteiger partial charge in [0.15, 0.2) is 0 Å². The molecule has 0 radical (unpaired) electrons. The summed E-state index contributed by atoms with van der Waals surface area (Å²) in [7, 11) is 0. The summed E-state index contributed by atoms with van der Waals surface area (Å²) in [6.45, 7) is 4.12. The van der Waals surface area contributed by atoms with E-state index in [1.54, 1.807) is 0 Å². The first kappa shape index (κ1) is 13.0. The number of benzene rings is 1. The fourth-order valence-corrected chi connectivity index (χ4v) is 3.70. The molecule has 1 fully saturated rings. The van der Waals surface area contributed by atoms with Gasteiger partial charge in [-0.2, -0.15) is 0 Å². The lowest BCUT2D eigenvalue weighted by Gasteiger charge is -2.29. The van der Waals surface area contributed by atoms with E-state index in [9.17, 15) is 0 Å². The molecule has 2 nitrogen and oxygen atoms in total. The second kappa shape index (κ2) is 5.96. The van der Waals surface area contributed by atoms with Gasteiger partial charge in [0.25, 0.3) is 0 Å². The molecule has 1 unspecified atom stereocenters. The first-order valence-corrected chi connectivity index (χ1v) is 7.88. The maximum Gasteiger partial charge on any atom is 0.127 e. The normalized spacial score (nSPS) is 20.9. The molecule has 0 saturated heterocycles. The van der Waals surface area contributed by atoms with E-state index in [4.69, 9.17) is 4.74 Å². The van der Waals surface area contributed by atoms with Gasteiger partial charge < -0.3 is 10.1 Å². The van der Waals surface area contributed by atoms with Crippen LogP contribution < -0.4 is 10.1 Å². The third-order valence-electron chi connectivity index (χ3n) is 4.59. The molecule has 2 heteroatoms. The lowest BCUT2D eigenvalue weighted by atomic mass is 9.88. The average Bonchev–Trinajstić information content (AvgIpc) is 2.98. The first-order chi connectivity index (χ1) is 9.40. The van der Waals surface area contributed by atoms with Gasteiger partial charge >= 0.3 is 0 Å². The number of fused-ring (bicyclic) bond motifs is 1. The smallest absolute Gasteiger partial charge is 0.127 e. The number of para-hydroxylation sites is 1.